The summed E-state index contributed by atoms with van der Waals surface area (Å²) in [5, 5.41) is 2.75. The number of nitrogens with one attached hydrogen (secondary N) is 1. The number of rotatable bonds is 10. The Bertz CT molecular complexity index is 407. The largest absolute Gasteiger partial charge is 0.385 e. The summed E-state index contributed by atoms with van der Waals surface area (Å²) >= 11 is 0. The van der Waals surface area contributed by atoms with Gasteiger partial charge in [0.25, 0.3) is 0 Å². The predicted molar refractivity (Wildman–Crippen MR) is 79.5 cm³/mol. The second kappa shape index (κ2) is 9.34. The lowest BCUT2D eigenvalue weighted by atomic mass is 10.2. The lowest BCUT2D eigenvalue weighted by Gasteiger charge is -2.22. The second-order valence-electron chi connectivity index (χ2n) is 5.20. The van der Waals surface area contributed by atoms with Gasteiger partial charge in [-0.2, -0.15) is 4.31 Å². The molecule has 0 aliphatic carbocycles. The third kappa shape index (κ3) is 7.75. The topological polar surface area (TPSA) is 84.9 Å². The van der Waals surface area contributed by atoms with Gasteiger partial charge in [-0.25, -0.2) is 8.42 Å². The van der Waals surface area contributed by atoms with Crippen LogP contribution < -0.4 is 5.32 Å². The molecule has 0 saturated carbocycles. The fourth-order valence-electron chi connectivity index (χ4n) is 2.17. The van der Waals surface area contributed by atoms with Crippen LogP contribution in [0.25, 0.3) is 0 Å². The molecule has 1 unspecified atom stereocenters. The summed E-state index contributed by atoms with van der Waals surface area (Å²) in [5.41, 5.74) is 0. The Labute approximate surface area is 127 Å². The van der Waals surface area contributed by atoms with Gasteiger partial charge in [0.1, 0.15) is 0 Å². The molecule has 1 saturated heterocycles. The number of amides is 1. The van der Waals surface area contributed by atoms with Crippen molar-refractivity contribution < 1.29 is 22.7 Å². The van der Waals surface area contributed by atoms with Gasteiger partial charge in [-0.15, -0.1) is 0 Å². The van der Waals surface area contributed by atoms with Crippen LogP contribution in [0, 0.1) is 0 Å². The molecule has 1 rings (SSSR count). The summed E-state index contributed by atoms with van der Waals surface area (Å²) in [7, 11) is -1.72. The van der Waals surface area contributed by atoms with Crippen molar-refractivity contribution in [3.63, 3.8) is 0 Å². The highest BCUT2D eigenvalue weighted by Gasteiger charge is 2.24. The van der Waals surface area contributed by atoms with Crippen LogP contribution in [-0.2, 0) is 24.3 Å². The van der Waals surface area contributed by atoms with E-state index in [0.717, 1.165) is 19.3 Å². The third-order valence-corrected chi connectivity index (χ3v) is 4.61. The van der Waals surface area contributed by atoms with Crippen molar-refractivity contribution in [1.29, 1.82) is 0 Å². The number of sulfonamides is 1. The molecule has 0 aromatic carbocycles. The minimum absolute atomic E-state index is 0.0514. The van der Waals surface area contributed by atoms with Crippen LogP contribution in [0.1, 0.15) is 25.7 Å². The van der Waals surface area contributed by atoms with Crippen molar-refractivity contribution in [2.75, 3.05) is 46.2 Å². The highest BCUT2D eigenvalue weighted by Crippen LogP contribution is 2.15. The summed E-state index contributed by atoms with van der Waals surface area (Å²) in [6, 6.07) is 0. The smallest absolute Gasteiger partial charge is 0.221 e. The molecule has 1 aliphatic heterocycles. The fraction of sp³-hybridized carbons (Fsp3) is 0.923. The molecule has 1 N–H and O–H groups in total. The van der Waals surface area contributed by atoms with E-state index in [1.807, 2.05) is 0 Å². The first-order chi connectivity index (χ1) is 9.93. The maximum absolute atomic E-state index is 11.8. The number of nitrogens with zero attached hydrogens (tertiary/aromatic N) is 1. The monoisotopic (exact) mass is 322 g/mol. The van der Waals surface area contributed by atoms with E-state index in [2.05, 4.69) is 5.32 Å². The number of carbonyl (C=O) groups excluding carboxylic acids is 1. The highest BCUT2D eigenvalue weighted by atomic mass is 32.2. The van der Waals surface area contributed by atoms with Crippen LogP contribution in [0.15, 0.2) is 0 Å². The average Bonchev–Trinajstić information content (AvgIpc) is 2.91. The first kappa shape index (κ1) is 18.3. The quantitative estimate of drug-likeness (QED) is 0.571. The Morgan fingerprint density at radius 3 is 2.81 bits per heavy atom. The zero-order valence-corrected chi connectivity index (χ0v) is 13.7. The molecule has 0 spiro atoms. The zero-order chi connectivity index (χ0) is 15.7. The van der Waals surface area contributed by atoms with Crippen LogP contribution >= 0.6 is 0 Å². The molecule has 21 heavy (non-hydrogen) atoms. The Morgan fingerprint density at radius 2 is 2.24 bits per heavy atom. The Balaban J connectivity index is 2.33. The van der Waals surface area contributed by atoms with Gasteiger partial charge in [0.15, 0.2) is 0 Å². The van der Waals surface area contributed by atoms with E-state index < -0.39 is 10.0 Å². The minimum Gasteiger partial charge on any atom is -0.385 e. The highest BCUT2D eigenvalue weighted by molar-refractivity contribution is 7.88. The molecule has 0 radical (unpaired) electrons. The molecule has 7 nitrogen and oxygen atoms in total. The second-order valence-corrected chi connectivity index (χ2v) is 7.18. The first-order valence-corrected chi connectivity index (χ1v) is 9.10. The molecule has 124 valence electrons. The zero-order valence-electron chi connectivity index (χ0n) is 12.8. The molecule has 1 amide bonds. The van der Waals surface area contributed by atoms with Crippen molar-refractivity contribution in [1.82, 2.24) is 9.62 Å². The van der Waals surface area contributed by atoms with E-state index in [1.54, 1.807) is 7.11 Å². The molecule has 1 atom stereocenters. The maximum atomic E-state index is 11.8. The van der Waals surface area contributed by atoms with Gasteiger partial charge in [0.05, 0.1) is 12.4 Å². The number of ether oxygens (including phenoxy) is 2. The Kier molecular flexibility index (Phi) is 8.16. The molecule has 1 aliphatic rings. The number of hydrogen-bond acceptors (Lipinski definition) is 5. The fourth-order valence-corrected chi connectivity index (χ4v) is 3.03. The Morgan fingerprint density at radius 1 is 1.48 bits per heavy atom. The minimum atomic E-state index is -3.32. The molecular weight excluding hydrogens is 296 g/mol. The van der Waals surface area contributed by atoms with Crippen LogP contribution in [0.4, 0.5) is 0 Å². The van der Waals surface area contributed by atoms with Crippen LogP contribution in [0.2, 0.25) is 0 Å². The molecule has 8 heteroatoms. The maximum Gasteiger partial charge on any atom is 0.221 e. The molecule has 0 aromatic heterocycles. The summed E-state index contributed by atoms with van der Waals surface area (Å²) in [5.74, 6) is -0.146. The van der Waals surface area contributed by atoms with Crippen LogP contribution in [0.5, 0.6) is 0 Å². The lowest BCUT2D eigenvalue weighted by Crippen LogP contribution is -2.39. The van der Waals surface area contributed by atoms with Gasteiger partial charge in [-0.05, 0) is 19.3 Å². The third-order valence-electron chi connectivity index (χ3n) is 3.34. The van der Waals surface area contributed by atoms with E-state index in [-0.39, 0.29) is 25.0 Å². The number of methoxy groups -OCH3 is 1. The van der Waals surface area contributed by atoms with Gasteiger partial charge < -0.3 is 14.8 Å². The van der Waals surface area contributed by atoms with E-state index in [1.165, 1.54) is 10.6 Å². The van der Waals surface area contributed by atoms with Crippen LogP contribution in [-0.4, -0.2) is 70.9 Å². The standard InChI is InChI=1S/C13H26N2O5S/c1-19-9-4-7-14-13(16)6-8-15(21(2,17)18)11-12-5-3-10-20-12/h12H,3-11H2,1-2H3,(H,14,16). The lowest BCUT2D eigenvalue weighted by molar-refractivity contribution is -0.121. The normalized spacial score (nSPS) is 19.1. The average molecular weight is 322 g/mol. The first-order valence-electron chi connectivity index (χ1n) is 7.26. The molecular formula is C13H26N2O5S. The van der Waals surface area contributed by atoms with Crippen molar-refractivity contribution in [2.24, 2.45) is 0 Å². The van der Waals surface area contributed by atoms with Gasteiger partial charge in [-0.3, -0.25) is 4.79 Å². The predicted octanol–water partition coefficient (Wildman–Crippen LogP) is -0.0302. The molecule has 1 heterocycles. The van der Waals surface area contributed by atoms with E-state index in [4.69, 9.17) is 9.47 Å². The summed E-state index contributed by atoms with van der Waals surface area (Å²) in [6.45, 7) is 2.33. The van der Waals surface area contributed by atoms with Crippen molar-refractivity contribution in [3.8, 4) is 0 Å². The molecule has 1 fully saturated rings. The van der Waals surface area contributed by atoms with Gasteiger partial charge in [0, 0.05) is 46.4 Å². The number of carbonyl (C=O) groups is 1. The van der Waals surface area contributed by atoms with Crippen molar-refractivity contribution in [2.45, 2.75) is 31.8 Å². The van der Waals surface area contributed by atoms with Crippen LogP contribution in [0.3, 0.4) is 0 Å². The molecule has 0 bridgehead atoms. The van der Waals surface area contributed by atoms with E-state index >= 15 is 0 Å². The van der Waals surface area contributed by atoms with Crippen molar-refractivity contribution >= 4 is 15.9 Å². The van der Waals surface area contributed by atoms with Gasteiger partial charge in [0.2, 0.25) is 15.9 Å². The van der Waals surface area contributed by atoms with E-state index in [9.17, 15) is 13.2 Å². The van der Waals surface area contributed by atoms with Gasteiger partial charge >= 0.3 is 0 Å². The molecule has 0 aromatic rings. The number of hydrogen-bond donors (Lipinski definition) is 1. The van der Waals surface area contributed by atoms with Crippen molar-refractivity contribution in [3.05, 3.63) is 0 Å². The van der Waals surface area contributed by atoms with Gasteiger partial charge in [-0.1, -0.05) is 0 Å². The van der Waals surface area contributed by atoms with E-state index in [0.29, 0.717) is 26.3 Å². The summed E-state index contributed by atoms with van der Waals surface area (Å²) < 4.78 is 35.2. The Hall–Kier alpha value is -0.700. The summed E-state index contributed by atoms with van der Waals surface area (Å²) in [4.78, 5) is 11.7. The SMILES string of the molecule is COCCCNC(=O)CCN(CC1CCCO1)S(C)(=O)=O. The summed E-state index contributed by atoms with van der Waals surface area (Å²) in [6.07, 6.45) is 3.85.